The maximum Gasteiger partial charge on any atom is 0.221 e. The molecule has 1 heterocycles. The molecule has 0 aromatic rings. The van der Waals surface area contributed by atoms with E-state index in [2.05, 4.69) is 37.9 Å². The van der Waals surface area contributed by atoms with Crippen LogP contribution in [0.4, 0.5) is 0 Å². The standard InChI is InChI=1S/C30H60N2O3.2C11H22O/c1-34-27-19-13-9-5-3-7-11-15-21-29(31-30(33)23-26-32-24-17-18-25-32)22-16-12-8-4-6-10-14-20-28-35-2;2*1-3-5-7-11(9-10-12)8-6-4-2/h29H,3-28H2,1-2H3,(H,31,33);2*10-11H,3-9H2,1-2H3. The second-order valence-corrected chi connectivity index (χ2v) is 17.9. The van der Waals surface area contributed by atoms with Gasteiger partial charge in [-0.2, -0.15) is 0 Å². The Labute approximate surface area is 368 Å². The van der Waals surface area contributed by atoms with Gasteiger partial charge in [0.1, 0.15) is 12.6 Å². The maximum atomic E-state index is 12.6. The van der Waals surface area contributed by atoms with E-state index in [1.54, 1.807) is 14.2 Å². The molecule has 0 atom stereocenters. The summed E-state index contributed by atoms with van der Waals surface area (Å²) in [7, 11) is 3.58. The Morgan fingerprint density at radius 3 is 1.17 bits per heavy atom. The Balaban J connectivity index is 0. The number of ether oxygens (including phenoxy) is 2. The lowest BCUT2D eigenvalue weighted by molar-refractivity contribution is -0.122. The van der Waals surface area contributed by atoms with Crippen molar-refractivity contribution in [2.45, 2.75) is 258 Å². The molecule has 352 valence electrons. The minimum absolute atomic E-state index is 0.272. The Kier molecular flexibility index (Phi) is 51.7. The van der Waals surface area contributed by atoms with E-state index in [-0.39, 0.29) is 5.91 Å². The zero-order valence-electron chi connectivity index (χ0n) is 40.7. The van der Waals surface area contributed by atoms with Crippen molar-refractivity contribution in [3.63, 3.8) is 0 Å². The monoisotopic (exact) mass is 837 g/mol. The molecule has 1 N–H and O–H groups in total. The molecular weight excluding hydrogens is 733 g/mol. The van der Waals surface area contributed by atoms with Gasteiger partial charge in [0.25, 0.3) is 0 Å². The highest BCUT2D eigenvalue weighted by molar-refractivity contribution is 5.76. The molecular formula is C52H104N2O5. The molecule has 0 unspecified atom stereocenters. The number of hydrogen-bond acceptors (Lipinski definition) is 6. The third kappa shape index (κ3) is 46.0. The second kappa shape index (κ2) is 51.0. The van der Waals surface area contributed by atoms with Crippen LogP contribution in [0.25, 0.3) is 0 Å². The van der Waals surface area contributed by atoms with Crippen molar-refractivity contribution in [1.82, 2.24) is 10.2 Å². The summed E-state index contributed by atoms with van der Waals surface area (Å²) in [5.41, 5.74) is 0. The zero-order chi connectivity index (χ0) is 43.7. The summed E-state index contributed by atoms with van der Waals surface area (Å²) < 4.78 is 10.2. The predicted octanol–water partition coefficient (Wildman–Crippen LogP) is 14.4. The first-order chi connectivity index (χ1) is 28.9. The molecule has 0 aliphatic carbocycles. The molecule has 0 saturated carbocycles. The molecule has 0 bridgehead atoms. The molecule has 1 aliphatic rings. The van der Waals surface area contributed by atoms with Gasteiger partial charge in [0.2, 0.25) is 5.91 Å². The van der Waals surface area contributed by atoms with Gasteiger partial charge >= 0.3 is 0 Å². The van der Waals surface area contributed by atoms with Gasteiger partial charge in [0, 0.05) is 59.3 Å². The fourth-order valence-corrected chi connectivity index (χ4v) is 8.25. The summed E-state index contributed by atoms with van der Waals surface area (Å²) in [6.07, 6.45) is 45.3. The van der Waals surface area contributed by atoms with Crippen LogP contribution in [0, 0.1) is 11.8 Å². The molecule has 0 spiro atoms. The fourth-order valence-electron chi connectivity index (χ4n) is 8.25. The predicted molar refractivity (Wildman–Crippen MR) is 256 cm³/mol. The number of nitrogens with one attached hydrogen (secondary N) is 1. The third-order valence-corrected chi connectivity index (χ3v) is 12.2. The van der Waals surface area contributed by atoms with Crippen LogP contribution < -0.4 is 5.32 Å². The van der Waals surface area contributed by atoms with Crippen LogP contribution in [0.1, 0.15) is 252 Å². The van der Waals surface area contributed by atoms with E-state index < -0.39 is 0 Å². The van der Waals surface area contributed by atoms with Crippen molar-refractivity contribution in [3.05, 3.63) is 0 Å². The Hall–Kier alpha value is -1.31. The number of likely N-dealkylation sites (tertiary alicyclic amines) is 1. The van der Waals surface area contributed by atoms with Crippen molar-refractivity contribution in [1.29, 1.82) is 0 Å². The molecule has 1 aliphatic heterocycles. The number of unbranched alkanes of at least 4 members (excludes halogenated alkanes) is 18. The zero-order valence-corrected chi connectivity index (χ0v) is 40.7. The normalized spacial score (nSPS) is 12.8. The number of aldehydes is 2. The second-order valence-electron chi connectivity index (χ2n) is 17.9. The average Bonchev–Trinajstić information content (AvgIpc) is 3.78. The third-order valence-electron chi connectivity index (χ3n) is 12.2. The van der Waals surface area contributed by atoms with Crippen LogP contribution in [-0.2, 0) is 23.9 Å². The van der Waals surface area contributed by atoms with Crippen LogP contribution in [0.2, 0.25) is 0 Å². The van der Waals surface area contributed by atoms with Crippen molar-refractivity contribution in [2.75, 3.05) is 47.1 Å². The summed E-state index contributed by atoms with van der Waals surface area (Å²) >= 11 is 0. The molecule has 0 aromatic carbocycles. The summed E-state index contributed by atoms with van der Waals surface area (Å²) in [6.45, 7) is 13.9. The SMILES string of the molecule is CCCCC(CC=O)CCCC.CCCCC(CC=O)CCCC.COCCCCCCCCCCC(CCCCCCCCCCOC)NC(=O)CCN1CCCC1. The molecule has 0 aromatic heterocycles. The van der Waals surface area contributed by atoms with Crippen molar-refractivity contribution >= 4 is 18.5 Å². The largest absolute Gasteiger partial charge is 0.385 e. The summed E-state index contributed by atoms with van der Waals surface area (Å²) in [4.78, 5) is 35.7. The summed E-state index contributed by atoms with van der Waals surface area (Å²) in [5.74, 6) is 1.61. The van der Waals surface area contributed by atoms with Gasteiger partial charge in [0.15, 0.2) is 0 Å². The number of methoxy groups -OCH3 is 2. The number of carbonyl (C=O) groups is 3. The van der Waals surface area contributed by atoms with Crippen LogP contribution in [-0.4, -0.2) is 76.5 Å². The van der Waals surface area contributed by atoms with E-state index in [0.29, 0.717) is 24.3 Å². The molecule has 1 saturated heterocycles. The number of carbonyl (C=O) groups excluding carboxylic acids is 3. The van der Waals surface area contributed by atoms with E-state index >= 15 is 0 Å². The highest BCUT2D eigenvalue weighted by Gasteiger charge is 2.16. The first-order valence-corrected chi connectivity index (χ1v) is 25.8. The Morgan fingerprint density at radius 1 is 0.508 bits per heavy atom. The smallest absolute Gasteiger partial charge is 0.221 e. The van der Waals surface area contributed by atoms with E-state index in [4.69, 9.17) is 9.47 Å². The Bertz CT molecular complexity index is 770. The number of amides is 1. The van der Waals surface area contributed by atoms with Gasteiger partial charge in [-0.1, -0.05) is 195 Å². The molecule has 1 amide bonds. The van der Waals surface area contributed by atoms with Gasteiger partial charge < -0.3 is 29.3 Å². The molecule has 7 nitrogen and oxygen atoms in total. The number of hydrogen-bond donors (Lipinski definition) is 1. The average molecular weight is 837 g/mol. The minimum Gasteiger partial charge on any atom is -0.385 e. The van der Waals surface area contributed by atoms with Gasteiger partial charge in [0.05, 0.1) is 0 Å². The highest BCUT2D eigenvalue weighted by Crippen LogP contribution is 2.20. The van der Waals surface area contributed by atoms with Crippen LogP contribution >= 0.6 is 0 Å². The quantitative estimate of drug-likeness (QED) is 0.0487. The minimum atomic E-state index is 0.272. The van der Waals surface area contributed by atoms with Crippen LogP contribution in [0.15, 0.2) is 0 Å². The fraction of sp³-hybridized carbons (Fsp3) is 0.942. The first kappa shape index (κ1) is 59.8. The van der Waals surface area contributed by atoms with Crippen molar-refractivity contribution in [2.24, 2.45) is 11.8 Å². The lowest BCUT2D eigenvalue weighted by Gasteiger charge is -2.20. The maximum absolute atomic E-state index is 12.6. The van der Waals surface area contributed by atoms with E-state index in [0.717, 1.165) is 58.0 Å². The van der Waals surface area contributed by atoms with Gasteiger partial charge in [-0.15, -0.1) is 0 Å². The highest BCUT2D eigenvalue weighted by atomic mass is 16.5. The molecule has 59 heavy (non-hydrogen) atoms. The molecule has 7 heteroatoms. The summed E-state index contributed by atoms with van der Waals surface area (Å²) in [5, 5.41) is 3.41. The van der Waals surface area contributed by atoms with Crippen molar-refractivity contribution in [3.8, 4) is 0 Å². The van der Waals surface area contributed by atoms with Gasteiger partial charge in [-0.25, -0.2) is 0 Å². The molecule has 1 fully saturated rings. The topological polar surface area (TPSA) is 84.9 Å². The van der Waals surface area contributed by atoms with E-state index in [1.165, 1.54) is 206 Å². The van der Waals surface area contributed by atoms with E-state index in [1.807, 2.05) is 0 Å². The number of nitrogens with zero attached hydrogens (tertiary/aromatic N) is 1. The molecule has 1 rings (SSSR count). The lowest BCUT2D eigenvalue weighted by Crippen LogP contribution is -2.36. The van der Waals surface area contributed by atoms with Crippen LogP contribution in [0.3, 0.4) is 0 Å². The van der Waals surface area contributed by atoms with Gasteiger partial charge in [-0.05, 0) is 63.5 Å². The van der Waals surface area contributed by atoms with E-state index in [9.17, 15) is 14.4 Å². The van der Waals surface area contributed by atoms with Gasteiger partial charge in [-0.3, -0.25) is 4.79 Å². The van der Waals surface area contributed by atoms with Crippen molar-refractivity contribution < 1.29 is 23.9 Å². The Morgan fingerprint density at radius 2 is 0.847 bits per heavy atom. The molecule has 0 radical (unpaired) electrons. The number of rotatable bonds is 42. The van der Waals surface area contributed by atoms with Crippen LogP contribution in [0.5, 0.6) is 0 Å². The summed E-state index contributed by atoms with van der Waals surface area (Å²) in [6, 6.07) is 0.379. The lowest BCUT2D eigenvalue weighted by atomic mass is 9.94. The first-order valence-electron chi connectivity index (χ1n) is 25.8.